The van der Waals surface area contributed by atoms with Crippen molar-refractivity contribution in [2.75, 3.05) is 6.54 Å². The van der Waals surface area contributed by atoms with Gasteiger partial charge in [-0.2, -0.15) is 0 Å². The standard InChI is InChI=1S/C28H25FN6O2S/c1-14-22(38-25(33-14)24-31-9-4-10-32-24)26(36)35-13-18-21-23(35)28(18,21)37-17-11-19(15-5-7-16(29)8-6-15)34-20(12-17)27(2,3)30/h4-12,18,21,23H,13,30H2,1-3H3/t18-,21-,23?,28-/m1/s1. The zero-order valence-electron chi connectivity index (χ0n) is 21.1. The van der Waals surface area contributed by atoms with E-state index in [1.807, 2.05) is 37.8 Å². The smallest absolute Gasteiger partial charge is 0.266 e. The number of aryl methyl sites for hydroxylation is 1. The molecule has 2 saturated heterocycles. The zero-order valence-corrected chi connectivity index (χ0v) is 21.9. The SMILES string of the molecule is Cc1nc(-c2ncccn2)sc1C(=O)N1C[C@@H]2[C@@H]3C1[C@@]23Oc1cc(-c2ccc(F)cc2)nc(C(C)(C)N)c1. The number of rotatable bonds is 6. The molecule has 2 saturated carbocycles. The molecule has 4 aliphatic rings. The number of thiazole rings is 1. The van der Waals surface area contributed by atoms with Gasteiger partial charge in [-0.05, 0) is 51.1 Å². The number of aromatic nitrogens is 4. The van der Waals surface area contributed by atoms with E-state index in [1.54, 1.807) is 30.6 Å². The van der Waals surface area contributed by atoms with Crippen molar-refractivity contribution in [1.29, 1.82) is 0 Å². The lowest BCUT2D eigenvalue weighted by molar-refractivity contribution is 0.0766. The molecule has 4 aromatic rings. The summed E-state index contributed by atoms with van der Waals surface area (Å²) in [4.78, 5) is 33.9. The minimum absolute atomic E-state index is 0.0202. The molecule has 3 aromatic heterocycles. The van der Waals surface area contributed by atoms with Gasteiger partial charge in [-0.3, -0.25) is 9.78 Å². The Labute approximate surface area is 222 Å². The third-order valence-electron chi connectivity index (χ3n) is 7.75. The van der Waals surface area contributed by atoms with Crippen LogP contribution < -0.4 is 10.5 Å². The third-order valence-corrected chi connectivity index (χ3v) is 8.89. The van der Waals surface area contributed by atoms with Gasteiger partial charge in [0.05, 0.1) is 28.7 Å². The largest absolute Gasteiger partial charge is 0.484 e. The number of nitrogens with zero attached hydrogens (tertiary/aromatic N) is 5. The van der Waals surface area contributed by atoms with Crippen LogP contribution in [0.3, 0.4) is 0 Å². The summed E-state index contributed by atoms with van der Waals surface area (Å²) in [5.41, 5.74) is 8.15. The molecule has 2 bridgehead atoms. The number of hydrogen-bond donors (Lipinski definition) is 1. The van der Waals surface area contributed by atoms with E-state index in [4.69, 9.17) is 15.5 Å². The van der Waals surface area contributed by atoms with Crippen molar-refractivity contribution in [2.24, 2.45) is 17.6 Å². The van der Waals surface area contributed by atoms with E-state index >= 15 is 0 Å². The van der Waals surface area contributed by atoms with Crippen molar-refractivity contribution >= 4 is 17.2 Å². The Morgan fingerprint density at radius 1 is 1.18 bits per heavy atom. The topological polar surface area (TPSA) is 107 Å². The predicted octanol–water partition coefficient (Wildman–Crippen LogP) is 4.21. The Morgan fingerprint density at radius 2 is 1.92 bits per heavy atom. The van der Waals surface area contributed by atoms with Crippen molar-refractivity contribution in [3.8, 4) is 27.8 Å². The minimum atomic E-state index is -0.691. The normalized spacial score (nSPS) is 24.8. The lowest BCUT2D eigenvalue weighted by atomic mass is 10.00. The highest BCUT2D eigenvalue weighted by Gasteiger charge is 2.96. The summed E-state index contributed by atoms with van der Waals surface area (Å²) in [6.07, 6.45) is 3.33. The number of hydrogen-bond acceptors (Lipinski definition) is 8. The molecule has 2 N–H and O–H groups in total. The first-order valence-corrected chi connectivity index (χ1v) is 13.3. The van der Waals surface area contributed by atoms with Gasteiger partial charge < -0.3 is 15.4 Å². The third kappa shape index (κ3) is 3.47. The van der Waals surface area contributed by atoms with Gasteiger partial charge in [0.2, 0.25) is 0 Å². The Hall–Kier alpha value is -3.76. The molecule has 8 nitrogen and oxygen atoms in total. The van der Waals surface area contributed by atoms with Crippen molar-refractivity contribution in [1.82, 2.24) is 24.8 Å². The lowest BCUT2D eigenvalue weighted by Crippen LogP contribution is -2.32. The van der Waals surface area contributed by atoms with Gasteiger partial charge in [-0.15, -0.1) is 11.3 Å². The first kappa shape index (κ1) is 23.4. The molecule has 1 amide bonds. The Bertz CT molecular complexity index is 1580. The maximum atomic E-state index is 13.6. The number of piperidine rings is 1. The number of carbonyl (C=O) groups excluding carboxylic acids is 1. The van der Waals surface area contributed by atoms with Gasteiger partial charge in [0.25, 0.3) is 5.91 Å². The highest BCUT2D eigenvalue weighted by atomic mass is 32.1. The Balaban J connectivity index is 1.14. The highest BCUT2D eigenvalue weighted by molar-refractivity contribution is 7.17. The van der Waals surface area contributed by atoms with Crippen LogP contribution in [0.5, 0.6) is 5.75 Å². The lowest BCUT2D eigenvalue weighted by Gasteiger charge is -2.21. The van der Waals surface area contributed by atoms with Crippen molar-refractivity contribution < 1.29 is 13.9 Å². The van der Waals surface area contributed by atoms with Crippen molar-refractivity contribution in [3.63, 3.8) is 0 Å². The fraction of sp³-hybridized carbons (Fsp3) is 0.321. The van der Waals surface area contributed by atoms with E-state index in [-0.39, 0.29) is 23.4 Å². The number of ether oxygens (including phenoxy) is 1. The molecule has 5 heterocycles. The van der Waals surface area contributed by atoms with Gasteiger partial charge >= 0.3 is 0 Å². The summed E-state index contributed by atoms with van der Waals surface area (Å²) < 4.78 is 20.1. The number of nitrogens with two attached hydrogens (primary N) is 1. The molecular formula is C28H25FN6O2S. The fourth-order valence-electron chi connectivity index (χ4n) is 5.73. The second kappa shape index (κ2) is 7.87. The predicted molar refractivity (Wildman–Crippen MR) is 140 cm³/mol. The molecule has 192 valence electrons. The quantitative estimate of drug-likeness (QED) is 0.400. The molecular weight excluding hydrogens is 503 g/mol. The van der Waals surface area contributed by atoms with E-state index < -0.39 is 5.54 Å². The van der Waals surface area contributed by atoms with Gasteiger partial charge in [0.15, 0.2) is 10.8 Å². The van der Waals surface area contributed by atoms with Gasteiger partial charge in [-0.1, -0.05) is 0 Å². The summed E-state index contributed by atoms with van der Waals surface area (Å²) in [6.45, 7) is 6.28. The van der Waals surface area contributed by atoms with E-state index in [1.165, 1.54) is 23.5 Å². The molecule has 0 spiro atoms. The number of halogens is 1. The molecule has 10 heteroatoms. The molecule has 1 aromatic carbocycles. The van der Waals surface area contributed by atoms with E-state index in [2.05, 4.69) is 15.0 Å². The van der Waals surface area contributed by atoms with Crippen LogP contribution >= 0.6 is 11.3 Å². The van der Waals surface area contributed by atoms with Crippen LogP contribution in [0, 0.1) is 24.6 Å². The van der Waals surface area contributed by atoms with Crippen LogP contribution in [0.25, 0.3) is 22.1 Å². The van der Waals surface area contributed by atoms with Crippen LogP contribution in [-0.2, 0) is 5.54 Å². The van der Waals surface area contributed by atoms with Crippen LogP contribution in [0.2, 0.25) is 0 Å². The van der Waals surface area contributed by atoms with Crippen LogP contribution in [0.1, 0.15) is 34.9 Å². The number of pyridine rings is 1. The fourth-order valence-corrected chi connectivity index (χ4v) is 6.70. The highest BCUT2D eigenvalue weighted by Crippen LogP contribution is 2.80. The average Bonchev–Trinajstić information content (AvgIpc) is 3.42. The molecule has 1 unspecified atom stereocenters. The summed E-state index contributed by atoms with van der Waals surface area (Å²) in [5, 5.41) is 0.637. The van der Waals surface area contributed by atoms with Gasteiger partial charge in [0, 0.05) is 48.5 Å². The molecule has 4 fully saturated rings. The summed E-state index contributed by atoms with van der Waals surface area (Å²) >= 11 is 1.33. The Kier molecular flexibility index (Phi) is 4.84. The number of carbonyl (C=O) groups is 1. The van der Waals surface area contributed by atoms with E-state index in [0.717, 1.165) is 5.56 Å². The van der Waals surface area contributed by atoms with Crippen LogP contribution in [0.15, 0.2) is 54.9 Å². The maximum absolute atomic E-state index is 13.6. The van der Waals surface area contributed by atoms with Crippen LogP contribution in [0.4, 0.5) is 4.39 Å². The first-order valence-electron chi connectivity index (χ1n) is 12.5. The zero-order chi connectivity index (χ0) is 26.4. The van der Waals surface area contributed by atoms with Crippen molar-refractivity contribution in [3.05, 3.63) is 76.9 Å². The number of benzene rings is 1. The second-order valence-electron chi connectivity index (χ2n) is 10.8. The summed E-state index contributed by atoms with van der Waals surface area (Å²) in [5.74, 6) is 1.48. The second-order valence-corrected chi connectivity index (χ2v) is 11.8. The summed E-state index contributed by atoms with van der Waals surface area (Å²) in [6, 6.07) is 11.7. The maximum Gasteiger partial charge on any atom is 0.266 e. The number of fused-ring (bicyclic) bond motifs is 1. The number of amides is 1. The first-order chi connectivity index (χ1) is 18.2. The van der Waals surface area contributed by atoms with Crippen LogP contribution in [-0.4, -0.2) is 48.9 Å². The molecule has 8 rings (SSSR count). The minimum Gasteiger partial charge on any atom is -0.484 e. The van der Waals surface area contributed by atoms with Crippen molar-refractivity contribution in [2.45, 2.75) is 38.0 Å². The Morgan fingerprint density at radius 3 is 2.61 bits per heavy atom. The molecule has 2 aliphatic heterocycles. The van der Waals surface area contributed by atoms with E-state index in [9.17, 15) is 9.18 Å². The molecule has 4 atom stereocenters. The molecule has 2 aliphatic carbocycles. The molecule has 0 radical (unpaired) electrons. The average molecular weight is 529 g/mol. The summed E-state index contributed by atoms with van der Waals surface area (Å²) in [7, 11) is 0. The molecule has 38 heavy (non-hydrogen) atoms. The van der Waals surface area contributed by atoms with Gasteiger partial charge in [0.1, 0.15) is 22.0 Å². The van der Waals surface area contributed by atoms with E-state index in [0.29, 0.717) is 56.9 Å². The monoisotopic (exact) mass is 528 g/mol. The van der Waals surface area contributed by atoms with Gasteiger partial charge in [-0.25, -0.2) is 19.3 Å².